The van der Waals surface area contributed by atoms with E-state index in [1.165, 1.54) is 30.6 Å². The summed E-state index contributed by atoms with van der Waals surface area (Å²) < 4.78 is 15.6. The van der Waals surface area contributed by atoms with Gasteiger partial charge in [0.05, 0.1) is 11.4 Å². The first-order valence-corrected chi connectivity index (χ1v) is 9.94. The maximum Gasteiger partial charge on any atom is 0.282 e. The molecule has 1 N–H and O–H groups in total. The molecule has 2 aliphatic rings. The van der Waals surface area contributed by atoms with Crippen LogP contribution in [-0.4, -0.2) is 56.1 Å². The van der Waals surface area contributed by atoms with Crippen LogP contribution in [0.2, 0.25) is 0 Å². The van der Waals surface area contributed by atoms with E-state index in [0.717, 1.165) is 4.57 Å². The number of halogens is 1. The number of amides is 1. The number of hydrogen-bond acceptors (Lipinski definition) is 6. The van der Waals surface area contributed by atoms with Crippen molar-refractivity contribution in [3.8, 4) is 11.4 Å². The molecule has 1 amide bonds. The second kappa shape index (κ2) is 6.90. The number of aryl methyl sites for hydroxylation is 1. The number of pyridine rings is 1. The highest BCUT2D eigenvalue weighted by molar-refractivity contribution is 5.90. The zero-order chi connectivity index (χ0) is 21.9. The minimum absolute atomic E-state index is 0.0842. The van der Waals surface area contributed by atoms with Crippen molar-refractivity contribution in [3.63, 3.8) is 0 Å². The van der Waals surface area contributed by atoms with Crippen LogP contribution in [0.15, 0.2) is 48.0 Å². The molecular formula is C22H20FN5O3. The van der Waals surface area contributed by atoms with Gasteiger partial charge in [-0.15, -0.1) is 0 Å². The molecular weight excluding hydrogens is 401 g/mol. The lowest BCUT2D eigenvalue weighted by atomic mass is 9.92. The maximum atomic E-state index is 14.4. The van der Waals surface area contributed by atoms with Crippen molar-refractivity contribution in [3.05, 3.63) is 65.1 Å². The summed E-state index contributed by atoms with van der Waals surface area (Å²) in [7, 11) is 0. The lowest BCUT2D eigenvalue weighted by Crippen LogP contribution is -2.57. The first-order valence-electron chi connectivity index (χ1n) is 9.94. The molecule has 1 aromatic carbocycles. The molecule has 2 aromatic heterocycles. The normalized spacial score (nSPS) is 19.9. The Kier molecular flexibility index (Phi) is 4.28. The Labute approximate surface area is 176 Å². The predicted octanol–water partition coefficient (Wildman–Crippen LogP) is 1.77. The van der Waals surface area contributed by atoms with E-state index < -0.39 is 11.4 Å². The third kappa shape index (κ3) is 2.80. The number of benzene rings is 1. The van der Waals surface area contributed by atoms with Crippen molar-refractivity contribution in [1.29, 1.82) is 0 Å². The Morgan fingerprint density at radius 2 is 2.10 bits per heavy atom. The van der Waals surface area contributed by atoms with Gasteiger partial charge in [0.2, 0.25) is 5.91 Å². The van der Waals surface area contributed by atoms with Crippen molar-refractivity contribution in [1.82, 2.24) is 19.4 Å². The summed E-state index contributed by atoms with van der Waals surface area (Å²) in [5.41, 5.74) is -0.161. The average Bonchev–Trinajstić information content (AvgIpc) is 3.06. The summed E-state index contributed by atoms with van der Waals surface area (Å²) in [6, 6.07) is 5.71. The quantitative estimate of drug-likeness (QED) is 0.648. The number of phenols is 1. The van der Waals surface area contributed by atoms with Gasteiger partial charge in [0.15, 0.2) is 5.82 Å². The summed E-state index contributed by atoms with van der Waals surface area (Å²) >= 11 is 0. The SMILES string of the molecule is C=CC(=O)N1CC2CN(c3ncnc4c(=O)n(-c5c(O)cccc5F)c(C)cc34)CC21. The van der Waals surface area contributed by atoms with Gasteiger partial charge < -0.3 is 14.9 Å². The number of fused-ring (bicyclic) bond motifs is 2. The van der Waals surface area contributed by atoms with Crippen molar-refractivity contribution in [2.24, 2.45) is 5.92 Å². The maximum absolute atomic E-state index is 14.4. The number of phenolic OH excluding ortho intramolecular Hbond substituents is 1. The smallest absolute Gasteiger partial charge is 0.282 e. The number of carbonyl (C=O) groups is 1. The number of para-hydroxylation sites is 1. The third-order valence-electron chi connectivity index (χ3n) is 6.16. The number of rotatable bonds is 3. The monoisotopic (exact) mass is 421 g/mol. The minimum atomic E-state index is -0.707. The molecule has 2 saturated heterocycles. The predicted molar refractivity (Wildman–Crippen MR) is 113 cm³/mol. The van der Waals surface area contributed by atoms with Crippen molar-refractivity contribution in [2.75, 3.05) is 24.5 Å². The van der Waals surface area contributed by atoms with E-state index in [2.05, 4.69) is 21.4 Å². The summed E-state index contributed by atoms with van der Waals surface area (Å²) in [4.78, 5) is 37.7. The van der Waals surface area contributed by atoms with E-state index in [0.29, 0.717) is 42.5 Å². The van der Waals surface area contributed by atoms with Crippen LogP contribution in [0.1, 0.15) is 5.69 Å². The van der Waals surface area contributed by atoms with Crippen LogP contribution in [0.5, 0.6) is 5.75 Å². The second-order valence-corrected chi connectivity index (χ2v) is 7.92. The van der Waals surface area contributed by atoms with Crippen molar-refractivity contribution >= 4 is 22.6 Å². The molecule has 2 atom stereocenters. The van der Waals surface area contributed by atoms with Crippen molar-refractivity contribution < 1.29 is 14.3 Å². The van der Waals surface area contributed by atoms with Crippen LogP contribution in [0, 0.1) is 18.7 Å². The van der Waals surface area contributed by atoms with Crippen LogP contribution in [0.25, 0.3) is 16.6 Å². The van der Waals surface area contributed by atoms with E-state index >= 15 is 0 Å². The van der Waals surface area contributed by atoms with E-state index in [1.54, 1.807) is 17.9 Å². The molecule has 8 nitrogen and oxygen atoms in total. The van der Waals surface area contributed by atoms with Gasteiger partial charge >= 0.3 is 0 Å². The second-order valence-electron chi connectivity index (χ2n) is 7.92. The number of carbonyl (C=O) groups excluding carboxylic acids is 1. The van der Waals surface area contributed by atoms with Crippen LogP contribution in [0.3, 0.4) is 0 Å². The lowest BCUT2D eigenvalue weighted by Gasteiger charge is -2.42. The van der Waals surface area contributed by atoms with Crippen LogP contribution in [-0.2, 0) is 4.79 Å². The molecule has 31 heavy (non-hydrogen) atoms. The highest BCUT2D eigenvalue weighted by Crippen LogP contribution is 2.36. The highest BCUT2D eigenvalue weighted by Gasteiger charge is 2.47. The molecule has 158 valence electrons. The number of anilines is 1. The summed E-state index contributed by atoms with van der Waals surface area (Å²) in [5.74, 6) is -0.177. The fraction of sp³-hybridized carbons (Fsp3) is 0.273. The van der Waals surface area contributed by atoms with Crippen LogP contribution in [0.4, 0.5) is 10.2 Å². The first kappa shape index (κ1) is 19.2. The Balaban J connectivity index is 1.60. The van der Waals surface area contributed by atoms with E-state index in [4.69, 9.17) is 0 Å². The molecule has 3 aromatic rings. The molecule has 2 unspecified atom stereocenters. The molecule has 4 heterocycles. The van der Waals surface area contributed by atoms with Gasteiger partial charge in [-0.3, -0.25) is 14.2 Å². The van der Waals surface area contributed by atoms with Crippen LogP contribution < -0.4 is 10.5 Å². The zero-order valence-electron chi connectivity index (χ0n) is 16.8. The highest BCUT2D eigenvalue weighted by atomic mass is 19.1. The largest absolute Gasteiger partial charge is 0.506 e. The van der Waals surface area contributed by atoms with Gasteiger partial charge in [-0.1, -0.05) is 12.6 Å². The summed E-state index contributed by atoms with van der Waals surface area (Å²) in [6.07, 6.45) is 2.63. The topological polar surface area (TPSA) is 91.6 Å². The van der Waals surface area contributed by atoms with Gasteiger partial charge in [-0.25, -0.2) is 14.4 Å². The third-order valence-corrected chi connectivity index (χ3v) is 6.16. The summed E-state index contributed by atoms with van der Waals surface area (Å²) in [6.45, 7) is 7.22. The minimum Gasteiger partial charge on any atom is -0.506 e. The fourth-order valence-corrected chi connectivity index (χ4v) is 4.66. The van der Waals surface area contributed by atoms with Gasteiger partial charge in [0.25, 0.3) is 5.56 Å². The number of aromatic hydroxyl groups is 1. The molecule has 0 bridgehead atoms. The van der Waals surface area contributed by atoms with Crippen LogP contribution >= 0.6 is 0 Å². The molecule has 0 aliphatic carbocycles. The van der Waals surface area contributed by atoms with Gasteiger partial charge in [0, 0.05) is 31.2 Å². The number of nitrogens with zero attached hydrogens (tertiary/aromatic N) is 5. The average molecular weight is 421 g/mol. The zero-order valence-corrected chi connectivity index (χ0v) is 16.8. The molecule has 0 saturated carbocycles. The van der Waals surface area contributed by atoms with Gasteiger partial charge in [-0.05, 0) is 31.2 Å². The molecule has 2 fully saturated rings. The number of aromatic nitrogens is 3. The number of hydrogen-bond donors (Lipinski definition) is 1. The van der Waals surface area contributed by atoms with Crippen molar-refractivity contribution in [2.45, 2.75) is 13.0 Å². The molecule has 9 heteroatoms. The van der Waals surface area contributed by atoms with E-state index in [1.807, 2.05) is 0 Å². The Morgan fingerprint density at radius 3 is 2.84 bits per heavy atom. The molecule has 5 rings (SSSR count). The van der Waals surface area contributed by atoms with Gasteiger partial charge in [-0.2, -0.15) is 0 Å². The standard InChI is InChI=1S/C22H20FN5O3/c1-3-18(30)27-9-13-8-26(10-16(13)27)21-14-7-12(2)28(22(31)19(14)24-11-25-21)20-15(23)5-4-6-17(20)29/h3-7,11,13,16,29H,1,8-10H2,2H3. The first-order chi connectivity index (χ1) is 14.9. The molecule has 2 aliphatic heterocycles. The Hall–Kier alpha value is -3.75. The fourth-order valence-electron chi connectivity index (χ4n) is 4.66. The van der Waals surface area contributed by atoms with Gasteiger partial charge in [0.1, 0.15) is 29.1 Å². The van der Waals surface area contributed by atoms with E-state index in [9.17, 15) is 19.1 Å². The Bertz CT molecular complexity index is 1280. The summed E-state index contributed by atoms with van der Waals surface area (Å²) in [5, 5.41) is 10.7. The molecule has 0 radical (unpaired) electrons. The molecule has 0 spiro atoms. The Morgan fingerprint density at radius 1 is 1.29 bits per heavy atom. The number of likely N-dealkylation sites (tertiary alicyclic amines) is 1. The van der Waals surface area contributed by atoms with E-state index in [-0.39, 0.29) is 28.9 Å². The lowest BCUT2D eigenvalue weighted by molar-refractivity contribution is -0.135.